The summed E-state index contributed by atoms with van der Waals surface area (Å²) < 4.78 is 0. The van der Waals surface area contributed by atoms with E-state index in [1.54, 1.807) is 0 Å². The number of para-hydroxylation sites is 1. The SMILES string of the molecule is Cc1ccc(CN2CC(=O)c3ccccc32)cc1. The van der Waals surface area contributed by atoms with E-state index in [0.717, 1.165) is 17.8 Å². The molecule has 0 aliphatic carbocycles. The summed E-state index contributed by atoms with van der Waals surface area (Å²) >= 11 is 0. The van der Waals surface area contributed by atoms with Crippen molar-refractivity contribution in [2.75, 3.05) is 11.4 Å². The first-order valence-electron chi connectivity index (χ1n) is 6.17. The molecule has 0 spiro atoms. The van der Waals surface area contributed by atoms with Gasteiger partial charge in [-0.1, -0.05) is 42.0 Å². The van der Waals surface area contributed by atoms with Gasteiger partial charge in [0.05, 0.1) is 6.54 Å². The van der Waals surface area contributed by atoms with Crippen LogP contribution in [0, 0.1) is 6.92 Å². The lowest BCUT2D eigenvalue weighted by molar-refractivity contribution is 0.101. The standard InChI is InChI=1S/C16H15NO/c1-12-6-8-13(9-7-12)10-17-11-16(18)14-4-2-3-5-15(14)17/h2-9H,10-11H2,1H3. The van der Waals surface area contributed by atoms with Crippen molar-refractivity contribution in [1.29, 1.82) is 0 Å². The van der Waals surface area contributed by atoms with Crippen molar-refractivity contribution in [3.05, 3.63) is 65.2 Å². The molecule has 0 N–H and O–H groups in total. The third-order valence-electron chi connectivity index (χ3n) is 3.37. The highest BCUT2D eigenvalue weighted by Gasteiger charge is 2.25. The van der Waals surface area contributed by atoms with Crippen LogP contribution in [0.2, 0.25) is 0 Å². The fourth-order valence-corrected chi connectivity index (χ4v) is 2.38. The summed E-state index contributed by atoms with van der Waals surface area (Å²) in [5.41, 5.74) is 4.41. The smallest absolute Gasteiger partial charge is 0.184 e. The Bertz CT molecular complexity index is 586. The van der Waals surface area contributed by atoms with Gasteiger partial charge in [-0.2, -0.15) is 0 Å². The van der Waals surface area contributed by atoms with E-state index in [1.165, 1.54) is 11.1 Å². The number of aryl methyl sites for hydroxylation is 1. The van der Waals surface area contributed by atoms with Crippen LogP contribution in [-0.4, -0.2) is 12.3 Å². The highest BCUT2D eigenvalue weighted by molar-refractivity contribution is 6.08. The van der Waals surface area contributed by atoms with Crippen LogP contribution >= 0.6 is 0 Å². The molecule has 0 bridgehead atoms. The van der Waals surface area contributed by atoms with Crippen LogP contribution < -0.4 is 4.90 Å². The number of carbonyl (C=O) groups excluding carboxylic acids is 1. The first-order valence-corrected chi connectivity index (χ1v) is 6.17. The molecule has 0 fully saturated rings. The number of carbonyl (C=O) groups is 1. The normalized spacial score (nSPS) is 13.8. The van der Waals surface area contributed by atoms with E-state index in [0.29, 0.717) is 6.54 Å². The molecular weight excluding hydrogens is 222 g/mol. The Kier molecular flexibility index (Phi) is 2.63. The van der Waals surface area contributed by atoms with Gasteiger partial charge in [-0.05, 0) is 24.6 Å². The molecule has 18 heavy (non-hydrogen) atoms. The Hall–Kier alpha value is -2.09. The quantitative estimate of drug-likeness (QED) is 0.799. The fraction of sp³-hybridized carbons (Fsp3) is 0.188. The lowest BCUT2D eigenvalue weighted by Gasteiger charge is -2.18. The molecule has 1 aliphatic heterocycles. The minimum Gasteiger partial charge on any atom is -0.359 e. The number of anilines is 1. The van der Waals surface area contributed by atoms with E-state index in [-0.39, 0.29) is 5.78 Å². The number of ketones is 1. The van der Waals surface area contributed by atoms with Crippen molar-refractivity contribution >= 4 is 11.5 Å². The predicted molar refractivity (Wildman–Crippen MR) is 73.0 cm³/mol. The molecule has 0 aromatic heterocycles. The molecule has 0 unspecified atom stereocenters. The van der Waals surface area contributed by atoms with Crippen LogP contribution in [0.3, 0.4) is 0 Å². The van der Waals surface area contributed by atoms with Crippen molar-refractivity contribution in [1.82, 2.24) is 0 Å². The number of rotatable bonds is 2. The maximum atomic E-state index is 11.9. The van der Waals surface area contributed by atoms with Gasteiger partial charge in [-0.25, -0.2) is 0 Å². The molecule has 0 saturated carbocycles. The molecule has 0 amide bonds. The van der Waals surface area contributed by atoms with Gasteiger partial charge in [0.25, 0.3) is 0 Å². The van der Waals surface area contributed by atoms with Crippen LogP contribution in [0.15, 0.2) is 48.5 Å². The van der Waals surface area contributed by atoms with Gasteiger partial charge in [-0.3, -0.25) is 4.79 Å². The number of Topliss-reactive ketones (excluding diaryl/α,β-unsaturated/α-hetero) is 1. The maximum absolute atomic E-state index is 11.9. The summed E-state index contributed by atoms with van der Waals surface area (Å²) in [4.78, 5) is 14.0. The van der Waals surface area contributed by atoms with E-state index >= 15 is 0 Å². The average molecular weight is 237 g/mol. The highest BCUT2D eigenvalue weighted by atomic mass is 16.1. The Labute approximate surface area is 107 Å². The van der Waals surface area contributed by atoms with Crippen LogP contribution in [-0.2, 0) is 6.54 Å². The Morgan fingerprint density at radius 1 is 1.06 bits per heavy atom. The van der Waals surface area contributed by atoms with Gasteiger partial charge in [0.1, 0.15) is 0 Å². The van der Waals surface area contributed by atoms with Gasteiger partial charge in [0.15, 0.2) is 5.78 Å². The first-order chi connectivity index (χ1) is 8.74. The van der Waals surface area contributed by atoms with E-state index in [1.807, 2.05) is 24.3 Å². The van der Waals surface area contributed by atoms with Crippen LogP contribution in [0.25, 0.3) is 0 Å². The number of fused-ring (bicyclic) bond motifs is 1. The van der Waals surface area contributed by atoms with Crippen molar-refractivity contribution in [3.63, 3.8) is 0 Å². The Morgan fingerprint density at radius 2 is 1.78 bits per heavy atom. The predicted octanol–water partition coefficient (Wildman–Crippen LogP) is 3.20. The first kappa shape index (κ1) is 11.0. The molecule has 2 heteroatoms. The zero-order valence-corrected chi connectivity index (χ0v) is 10.4. The van der Waals surface area contributed by atoms with Gasteiger partial charge in [0.2, 0.25) is 0 Å². The third kappa shape index (κ3) is 1.90. The molecule has 1 heterocycles. The molecule has 0 radical (unpaired) electrons. The second kappa shape index (κ2) is 4.30. The largest absolute Gasteiger partial charge is 0.359 e. The van der Waals surface area contributed by atoms with Gasteiger partial charge in [0, 0.05) is 17.8 Å². The minimum absolute atomic E-state index is 0.220. The molecule has 90 valence electrons. The summed E-state index contributed by atoms with van der Waals surface area (Å²) in [6.45, 7) is 3.37. The second-order valence-corrected chi connectivity index (χ2v) is 4.78. The molecule has 2 aromatic carbocycles. The number of hydrogen-bond acceptors (Lipinski definition) is 2. The summed E-state index contributed by atoms with van der Waals surface area (Å²) in [5, 5.41) is 0. The Morgan fingerprint density at radius 3 is 2.56 bits per heavy atom. The molecule has 0 atom stereocenters. The van der Waals surface area contributed by atoms with Crippen molar-refractivity contribution in [2.24, 2.45) is 0 Å². The molecule has 0 saturated heterocycles. The van der Waals surface area contributed by atoms with Crippen molar-refractivity contribution in [2.45, 2.75) is 13.5 Å². The highest BCUT2D eigenvalue weighted by Crippen LogP contribution is 2.28. The number of hydrogen-bond donors (Lipinski definition) is 0. The Balaban J connectivity index is 1.87. The van der Waals surface area contributed by atoms with Crippen LogP contribution in [0.5, 0.6) is 0 Å². The van der Waals surface area contributed by atoms with Gasteiger partial charge in [-0.15, -0.1) is 0 Å². The molecular formula is C16H15NO. The van der Waals surface area contributed by atoms with Crippen LogP contribution in [0.4, 0.5) is 5.69 Å². The number of benzene rings is 2. The van der Waals surface area contributed by atoms with E-state index < -0.39 is 0 Å². The lowest BCUT2D eigenvalue weighted by Crippen LogP contribution is -2.21. The van der Waals surface area contributed by atoms with E-state index in [9.17, 15) is 4.79 Å². The zero-order chi connectivity index (χ0) is 12.5. The second-order valence-electron chi connectivity index (χ2n) is 4.78. The zero-order valence-electron chi connectivity index (χ0n) is 10.4. The molecule has 2 aromatic rings. The number of nitrogens with zero attached hydrogens (tertiary/aromatic N) is 1. The fourth-order valence-electron chi connectivity index (χ4n) is 2.38. The van der Waals surface area contributed by atoms with Crippen molar-refractivity contribution < 1.29 is 4.79 Å². The summed E-state index contributed by atoms with van der Waals surface area (Å²) in [6.07, 6.45) is 0. The monoisotopic (exact) mass is 237 g/mol. The topological polar surface area (TPSA) is 20.3 Å². The molecule has 1 aliphatic rings. The van der Waals surface area contributed by atoms with Crippen molar-refractivity contribution in [3.8, 4) is 0 Å². The van der Waals surface area contributed by atoms with Gasteiger partial charge >= 0.3 is 0 Å². The molecule has 2 nitrogen and oxygen atoms in total. The minimum atomic E-state index is 0.220. The van der Waals surface area contributed by atoms with E-state index in [4.69, 9.17) is 0 Å². The summed E-state index contributed by atoms with van der Waals surface area (Å²) in [6, 6.07) is 16.3. The van der Waals surface area contributed by atoms with E-state index in [2.05, 4.69) is 36.1 Å². The summed E-state index contributed by atoms with van der Waals surface area (Å²) in [7, 11) is 0. The van der Waals surface area contributed by atoms with Gasteiger partial charge < -0.3 is 4.90 Å². The summed E-state index contributed by atoms with van der Waals surface area (Å²) in [5.74, 6) is 0.220. The lowest BCUT2D eigenvalue weighted by atomic mass is 10.1. The average Bonchev–Trinajstić information content (AvgIpc) is 2.70. The third-order valence-corrected chi connectivity index (χ3v) is 3.37. The molecule has 3 rings (SSSR count). The maximum Gasteiger partial charge on any atom is 0.184 e. The van der Waals surface area contributed by atoms with Crippen LogP contribution in [0.1, 0.15) is 21.5 Å².